The van der Waals surface area contributed by atoms with Gasteiger partial charge in [0.15, 0.2) is 0 Å². The minimum atomic E-state index is -0.596. The van der Waals surface area contributed by atoms with Crippen LogP contribution >= 0.6 is 0 Å². The summed E-state index contributed by atoms with van der Waals surface area (Å²) in [4.78, 5) is 29.7. The molecule has 0 spiro atoms. The number of amides is 2. The number of aromatic amines is 1. The van der Waals surface area contributed by atoms with Crippen LogP contribution < -0.4 is 19.7 Å². The summed E-state index contributed by atoms with van der Waals surface area (Å²) in [6, 6.07) is 14.2. The number of hydrogen-bond acceptors (Lipinski definition) is 7. The first-order valence-electron chi connectivity index (χ1n) is 11.9. The summed E-state index contributed by atoms with van der Waals surface area (Å²) in [6.45, 7) is 6.13. The van der Waals surface area contributed by atoms with E-state index in [9.17, 15) is 9.59 Å². The minimum absolute atomic E-state index is 0.0673. The van der Waals surface area contributed by atoms with Crippen LogP contribution in [-0.2, 0) is 4.74 Å². The number of anilines is 1. The highest BCUT2D eigenvalue weighted by Gasteiger charge is 2.25. The Kier molecular flexibility index (Phi) is 8.29. The number of H-pyrrole nitrogens is 1. The second-order valence-corrected chi connectivity index (χ2v) is 8.45. The number of nitrogens with zero attached hydrogens (tertiary/aromatic N) is 3. The molecule has 3 aromatic rings. The third kappa shape index (κ3) is 6.21. The van der Waals surface area contributed by atoms with Gasteiger partial charge in [0.1, 0.15) is 18.1 Å². The molecule has 1 aliphatic rings. The quantitative estimate of drug-likeness (QED) is 0.429. The van der Waals surface area contributed by atoms with Gasteiger partial charge in [-0.25, -0.2) is 4.79 Å². The first-order chi connectivity index (χ1) is 18.0. The predicted molar refractivity (Wildman–Crippen MR) is 139 cm³/mol. The van der Waals surface area contributed by atoms with E-state index in [2.05, 4.69) is 27.0 Å². The maximum atomic E-state index is 13.4. The molecule has 1 atom stereocenters. The lowest BCUT2D eigenvalue weighted by atomic mass is 10.0. The van der Waals surface area contributed by atoms with Gasteiger partial charge in [-0.3, -0.25) is 9.89 Å². The number of aromatic nitrogens is 2. The number of benzene rings is 2. The highest BCUT2D eigenvalue weighted by molar-refractivity contribution is 5.94. The van der Waals surface area contributed by atoms with E-state index in [1.54, 1.807) is 38.6 Å². The molecule has 1 fully saturated rings. The van der Waals surface area contributed by atoms with Gasteiger partial charge in [0, 0.05) is 61.8 Å². The van der Waals surface area contributed by atoms with E-state index in [0.717, 1.165) is 22.7 Å². The van der Waals surface area contributed by atoms with Crippen LogP contribution in [0.4, 0.5) is 10.5 Å². The Balaban J connectivity index is 1.46. The first-order valence-corrected chi connectivity index (χ1v) is 11.9. The summed E-state index contributed by atoms with van der Waals surface area (Å²) < 4.78 is 15.9. The monoisotopic (exact) mass is 505 g/mol. The zero-order chi connectivity index (χ0) is 26.2. The van der Waals surface area contributed by atoms with Crippen LogP contribution in [0.15, 0.2) is 67.4 Å². The molecule has 10 heteroatoms. The molecule has 2 aromatic carbocycles. The maximum Gasteiger partial charge on any atom is 0.408 e. The second-order valence-electron chi connectivity index (χ2n) is 8.45. The van der Waals surface area contributed by atoms with Gasteiger partial charge in [-0.2, -0.15) is 5.10 Å². The molecule has 10 nitrogen and oxygen atoms in total. The molecule has 1 aromatic heterocycles. The molecule has 1 unspecified atom stereocenters. The molecular formula is C27H31N5O5. The van der Waals surface area contributed by atoms with Crippen molar-refractivity contribution in [1.82, 2.24) is 20.4 Å². The van der Waals surface area contributed by atoms with Crippen molar-refractivity contribution in [1.29, 1.82) is 0 Å². The topological polar surface area (TPSA) is 109 Å². The lowest BCUT2D eigenvalue weighted by Crippen LogP contribution is -2.48. The van der Waals surface area contributed by atoms with Gasteiger partial charge >= 0.3 is 6.09 Å². The minimum Gasteiger partial charge on any atom is -0.497 e. The van der Waals surface area contributed by atoms with Crippen molar-refractivity contribution in [2.24, 2.45) is 0 Å². The predicted octanol–water partition coefficient (Wildman–Crippen LogP) is 3.39. The van der Waals surface area contributed by atoms with E-state index in [1.807, 2.05) is 35.2 Å². The van der Waals surface area contributed by atoms with Crippen LogP contribution in [0.3, 0.4) is 0 Å². The van der Waals surface area contributed by atoms with Crippen LogP contribution in [0.5, 0.6) is 11.5 Å². The average molecular weight is 506 g/mol. The zero-order valence-electron chi connectivity index (χ0n) is 21.0. The molecule has 0 saturated carbocycles. The van der Waals surface area contributed by atoms with Gasteiger partial charge < -0.3 is 29.3 Å². The Morgan fingerprint density at radius 1 is 1.08 bits per heavy atom. The number of carbonyl (C=O) groups is 2. The smallest absolute Gasteiger partial charge is 0.408 e. The van der Waals surface area contributed by atoms with Crippen molar-refractivity contribution in [2.75, 3.05) is 51.9 Å². The fourth-order valence-corrected chi connectivity index (χ4v) is 4.24. The van der Waals surface area contributed by atoms with E-state index in [1.165, 1.54) is 6.08 Å². The Labute approximate surface area is 215 Å². The largest absolute Gasteiger partial charge is 0.497 e. The molecule has 4 rings (SSSR count). The summed E-state index contributed by atoms with van der Waals surface area (Å²) in [7, 11) is 3.25. The van der Waals surface area contributed by atoms with Crippen molar-refractivity contribution >= 4 is 17.7 Å². The van der Waals surface area contributed by atoms with Crippen LogP contribution in [0.25, 0.3) is 0 Å². The van der Waals surface area contributed by atoms with E-state index >= 15 is 0 Å². The van der Waals surface area contributed by atoms with Gasteiger partial charge in [-0.05, 0) is 23.8 Å². The van der Waals surface area contributed by atoms with Gasteiger partial charge in [-0.15, -0.1) is 0 Å². The number of carbonyl (C=O) groups excluding carboxylic acids is 2. The summed E-state index contributed by atoms with van der Waals surface area (Å²) in [5.74, 6) is 1.37. The molecule has 0 radical (unpaired) electrons. The fraction of sp³-hybridized carbons (Fsp3) is 0.296. The van der Waals surface area contributed by atoms with Crippen LogP contribution in [0.2, 0.25) is 0 Å². The van der Waals surface area contributed by atoms with Gasteiger partial charge in [0.25, 0.3) is 5.91 Å². The van der Waals surface area contributed by atoms with Crippen molar-refractivity contribution in [3.8, 4) is 11.5 Å². The molecular weight excluding hydrogens is 474 g/mol. The van der Waals surface area contributed by atoms with Gasteiger partial charge in [0.2, 0.25) is 0 Å². The van der Waals surface area contributed by atoms with E-state index in [-0.39, 0.29) is 12.5 Å². The summed E-state index contributed by atoms with van der Waals surface area (Å²) in [5, 5.41) is 9.71. The molecule has 2 N–H and O–H groups in total. The number of nitrogens with one attached hydrogen (secondary N) is 2. The van der Waals surface area contributed by atoms with Gasteiger partial charge in [0.05, 0.1) is 26.0 Å². The third-order valence-corrected chi connectivity index (χ3v) is 6.16. The molecule has 1 saturated heterocycles. The molecule has 0 aliphatic carbocycles. The SMILES string of the molecule is C=CCOC(=O)NC(c1cccc(C(=O)N2CCN(c3cc(OC)cc(OC)c3)CC2)c1)c1ccn[nH]1. The fourth-order valence-electron chi connectivity index (χ4n) is 4.24. The summed E-state index contributed by atoms with van der Waals surface area (Å²) in [6.07, 6.45) is 2.50. The summed E-state index contributed by atoms with van der Waals surface area (Å²) >= 11 is 0. The second kappa shape index (κ2) is 12.0. The summed E-state index contributed by atoms with van der Waals surface area (Å²) in [5.41, 5.74) is 2.93. The number of methoxy groups -OCH3 is 2. The molecule has 194 valence electrons. The molecule has 0 bridgehead atoms. The molecule has 2 amide bonds. The average Bonchev–Trinajstić information content (AvgIpc) is 3.49. The van der Waals surface area contributed by atoms with Crippen molar-refractivity contribution < 1.29 is 23.8 Å². The Bertz CT molecular complexity index is 1200. The molecule has 37 heavy (non-hydrogen) atoms. The maximum absolute atomic E-state index is 13.4. The number of rotatable bonds is 9. The number of piperazine rings is 1. The third-order valence-electron chi connectivity index (χ3n) is 6.16. The number of alkyl carbamates (subject to hydrolysis) is 1. The van der Waals surface area contributed by atoms with Crippen molar-refractivity contribution in [3.63, 3.8) is 0 Å². The van der Waals surface area contributed by atoms with Crippen LogP contribution in [-0.4, -0.2) is 74.1 Å². The van der Waals surface area contributed by atoms with Gasteiger partial charge in [-0.1, -0.05) is 24.8 Å². The van der Waals surface area contributed by atoms with E-state index < -0.39 is 12.1 Å². The lowest BCUT2D eigenvalue weighted by molar-refractivity contribution is 0.0746. The number of hydrogen-bond donors (Lipinski definition) is 2. The van der Waals surface area contributed by atoms with E-state index in [4.69, 9.17) is 14.2 Å². The van der Waals surface area contributed by atoms with Crippen molar-refractivity contribution in [3.05, 3.63) is 84.2 Å². The molecule has 1 aliphatic heterocycles. The van der Waals surface area contributed by atoms with Crippen LogP contribution in [0, 0.1) is 0 Å². The Hall–Kier alpha value is -4.47. The number of ether oxygens (including phenoxy) is 3. The van der Waals surface area contributed by atoms with Crippen LogP contribution in [0.1, 0.15) is 27.7 Å². The Morgan fingerprint density at radius 3 is 2.43 bits per heavy atom. The highest BCUT2D eigenvalue weighted by Crippen LogP contribution is 2.29. The Morgan fingerprint density at radius 2 is 1.81 bits per heavy atom. The normalized spacial score (nSPS) is 14.0. The first kappa shape index (κ1) is 25.6. The molecule has 2 heterocycles. The zero-order valence-corrected chi connectivity index (χ0v) is 21.0. The van der Waals surface area contributed by atoms with E-state index in [0.29, 0.717) is 37.4 Å². The lowest BCUT2D eigenvalue weighted by Gasteiger charge is -2.36. The standard InChI is InChI=1S/C27H31N5O5/c1-4-14-37-27(34)29-25(24-8-9-28-30-24)19-6-5-7-20(15-19)26(33)32-12-10-31(11-13-32)21-16-22(35-2)18-23(17-21)36-3/h4-9,15-18,25H,1,10-14H2,2-3H3,(H,28,30)(H,29,34). The van der Waals surface area contributed by atoms with Crippen molar-refractivity contribution in [2.45, 2.75) is 6.04 Å². The highest BCUT2D eigenvalue weighted by atomic mass is 16.5.